The highest BCUT2D eigenvalue weighted by Gasteiger charge is 2.13. The van der Waals surface area contributed by atoms with E-state index in [1.165, 1.54) is 0 Å². The van der Waals surface area contributed by atoms with Crippen molar-refractivity contribution in [1.29, 1.82) is 0 Å². The fraction of sp³-hybridized carbons (Fsp3) is 0.125. The van der Waals surface area contributed by atoms with Gasteiger partial charge in [0.05, 0.1) is 18.5 Å². The Labute approximate surface area is 144 Å². The summed E-state index contributed by atoms with van der Waals surface area (Å²) < 4.78 is 5.16. The molecule has 22 heavy (non-hydrogen) atoms. The van der Waals surface area contributed by atoms with Gasteiger partial charge in [0, 0.05) is 5.75 Å². The number of halogens is 1. The average molecular weight is 377 g/mol. The molecule has 4 nitrogen and oxygen atoms in total. The molecule has 0 saturated heterocycles. The number of benzene rings is 2. The van der Waals surface area contributed by atoms with Crippen LogP contribution in [0.5, 0.6) is 5.75 Å². The molecular weight excluding hydrogens is 362 g/mol. The van der Waals surface area contributed by atoms with Crippen molar-refractivity contribution in [2.45, 2.75) is 0 Å². The minimum Gasteiger partial charge on any atom is -1.00 e. The van der Waals surface area contributed by atoms with Crippen LogP contribution in [-0.4, -0.2) is 23.7 Å². The molecule has 1 aliphatic heterocycles. The molecule has 0 bridgehead atoms. The van der Waals surface area contributed by atoms with Crippen LogP contribution in [0.2, 0.25) is 0 Å². The highest BCUT2D eigenvalue weighted by molar-refractivity contribution is 8.14. The van der Waals surface area contributed by atoms with Gasteiger partial charge in [-0.3, -0.25) is 5.43 Å². The molecule has 0 spiro atoms. The Morgan fingerprint density at radius 3 is 2.41 bits per heavy atom. The van der Waals surface area contributed by atoms with Crippen molar-refractivity contribution in [2.24, 2.45) is 10.1 Å². The van der Waals surface area contributed by atoms with Gasteiger partial charge >= 0.3 is 0 Å². The molecule has 1 aliphatic rings. The number of thioether (sulfide) groups is 1. The minimum atomic E-state index is 0. The standard InChI is InChI=1S/C16H15N3OS.BrH/c1-20-14-9-7-12(8-10-14)15-11-21-16(19-18-15)17-13-5-3-2-4-6-13;/h2-10H,11H2,1H3,(H,17,19);1H/p-1. The zero-order valence-electron chi connectivity index (χ0n) is 12.0. The van der Waals surface area contributed by atoms with Crippen LogP contribution in [0.4, 0.5) is 5.69 Å². The van der Waals surface area contributed by atoms with E-state index >= 15 is 0 Å². The summed E-state index contributed by atoms with van der Waals surface area (Å²) in [7, 11) is 1.66. The van der Waals surface area contributed by atoms with Gasteiger partial charge < -0.3 is 21.7 Å². The number of hydrogen-bond donors (Lipinski definition) is 1. The Kier molecular flexibility index (Phi) is 6.03. The largest absolute Gasteiger partial charge is 1.00 e. The van der Waals surface area contributed by atoms with E-state index in [1.807, 2.05) is 54.6 Å². The Balaban J connectivity index is 0.00000176. The Morgan fingerprint density at radius 1 is 1.09 bits per heavy atom. The second-order valence-corrected chi connectivity index (χ2v) is 5.40. The van der Waals surface area contributed by atoms with Gasteiger partial charge in [-0.1, -0.05) is 30.0 Å². The van der Waals surface area contributed by atoms with E-state index in [2.05, 4.69) is 15.5 Å². The molecule has 0 aromatic heterocycles. The van der Waals surface area contributed by atoms with E-state index in [0.717, 1.165) is 33.6 Å². The van der Waals surface area contributed by atoms with Crippen molar-refractivity contribution in [3.8, 4) is 5.75 Å². The fourth-order valence-corrected chi connectivity index (χ4v) is 2.71. The normalized spacial score (nSPS) is 15.5. The van der Waals surface area contributed by atoms with Crippen molar-refractivity contribution in [3.05, 3.63) is 60.2 Å². The fourth-order valence-electron chi connectivity index (χ4n) is 1.92. The van der Waals surface area contributed by atoms with Crippen LogP contribution in [0.15, 0.2) is 64.7 Å². The monoisotopic (exact) mass is 376 g/mol. The van der Waals surface area contributed by atoms with Gasteiger partial charge in [-0.05, 0) is 42.0 Å². The quantitative estimate of drug-likeness (QED) is 0.844. The molecule has 0 unspecified atom stereocenters. The van der Waals surface area contributed by atoms with Gasteiger partial charge in [-0.15, -0.1) is 0 Å². The number of nitrogens with zero attached hydrogens (tertiary/aromatic N) is 2. The van der Waals surface area contributed by atoms with Crippen LogP contribution in [0, 0.1) is 0 Å². The predicted octanol–water partition coefficient (Wildman–Crippen LogP) is 0.427. The lowest BCUT2D eigenvalue weighted by Crippen LogP contribution is -3.00. The lowest BCUT2D eigenvalue weighted by atomic mass is 10.1. The maximum Gasteiger partial charge on any atom is 0.182 e. The first-order valence-electron chi connectivity index (χ1n) is 6.59. The number of nitrogens with one attached hydrogen (secondary N) is 1. The summed E-state index contributed by atoms with van der Waals surface area (Å²) >= 11 is 1.65. The van der Waals surface area contributed by atoms with Gasteiger partial charge in [0.1, 0.15) is 5.75 Å². The number of rotatable bonds is 3. The summed E-state index contributed by atoms with van der Waals surface area (Å²) in [6, 6.07) is 17.8. The first-order valence-corrected chi connectivity index (χ1v) is 7.57. The molecule has 1 N–H and O–H groups in total. The van der Waals surface area contributed by atoms with Crippen molar-refractivity contribution in [3.63, 3.8) is 0 Å². The number of hydrogen-bond acceptors (Lipinski definition) is 4. The summed E-state index contributed by atoms with van der Waals surface area (Å²) in [5, 5.41) is 5.23. The van der Waals surface area contributed by atoms with Crippen molar-refractivity contribution < 1.29 is 21.7 Å². The third-order valence-corrected chi connectivity index (χ3v) is 3.92. The topological polar surface area (TPSA) is 46.0 Å². The third kappa shape index (κ3) is 4.11. The Hall–Kier alpha value is -1.79. The molecule has 2 aromatic rings. The molecule has 0 saturated carbocycles. The van der Waals surface area contributed by atoms with Crippen LogP contribution in [0.25, 0.3) is 0 Å². The molecule has 1 heterocycles. The second-order valence-electron chi connectivity index (χ2n) is 4.44. The van der Waals surface area contributed by atoms with E-state index in [9.17, 15) is 0 Å². The maximum atomic E-state index is 5.16. The number of aliphatic imine (C=N–C) groups is 1. The average Bonchev–Trinajstić information content (AvgIpc) is 2.57. The smallest absolute Gasteiger partial charge is 0.182 e. The molecule has 0 radical (unpaired) electrons. The van der Waals surface area contributed by atoms with Gasteiger partial charge in [0.25, 0.3) is 0 Å². The minimum absolute atomic E-state index is 0. The van der Waals surface area contributed by atoms with Crippen LogP contribution in [0.1, 0.15) is 5.56 Å². The van der Waals surface area contributed by atoms with Gasteiger partial charge in [-0.25, -0.2) is 4.99 Å². The van der Waals surface area contributed by atoms with Gasteiger partial charge in [0.15, 0.2) is 5.17 Å². The van der Waals surface area contributed by atoms with E-state index in [-0.39, 0.29) is 17.0 Å². The number of amidine groups is 1. The molecule has 114 valence electrons. The number of methoxy groups -OCH3 is 1. The molecule has 0 amide bonds. The van der Waals surface area contributed by atoms with E-state index in [0.29, 0.717) is 0 Å². The van der Waals surface area contributed by atoms with E-state index in [1.54, 1.807) is 18.9 Å². The second kappa shape index (κ2) is 8.00. The Bertz CT molecular complexity index is 672. The van der Waals surface area contributed by atoms with E-state index in [4.69, 9.17) is 4.74 Å². The highest BCUT2D eigenvalue weighted by atomic mass is 79.9. The van der Waals surface area contributed by atoms with Crippen molar-refractivity contribution >= 4 is 28.3 Å². The van der Waals surface area contributed by atoms with Crippen molar-refractivity contribution in [1.82, 2.24) is 5.43 Å². The summed E-state index contributed by atoms with van der Waals surface area (Å²) in [4.78, 5) is 4.51. The summed E-state index contributed by atoms with van der Waals surface area (Å²) in [6.45, 7) is 0. The molecule has 3 rings (SSSR count). The third-order valence-electron chi connectivity index (χ3n) is 3.04. The summed E-state index contributed by atoms with van der Waals surface area (Å²) in [5.74, 6) is 1.65. The van der Waals surface area contributed by atoms with Crippen molar-refractivity contribution in [2.75, 3.05) is 12.9 Å². The SMILES string of the molecule is COc1ccc(C2=NNC(=Nc3ccccc3)SC2)cc1.[Br-]. The van der Waals surface area contributed by atoms with E-state index < -0.39 is 0 Å². The number of ether oxygens (including phenoxy) is 1. The lowest BCUT2D eigenvalue weighted by Gasteiger charge is -2.15. The molecular formula is C16H15BrN3OS-. The van der Waals surface area contributed by atoms with Crippen LogP contribution in [0.3, 0.4) is 0 Å². The van der Waals surface area contributed by atoms with Crippen LogP contribution >= 0.6 is 11.8 Å². The van der Waals surface area contributed by atoms with Crippen LogP contribution in [-0.2, 0) is 0 Å². The highest BCUT2D eigenvalue weighted by Crippen LogP contribution is 2.19. The number of para-hydroxylation sites is 1. The predicted molar refractivity (Wildman–Crippen MR) is 88.7 cm³/mol. The first kappa shape index (κ1) is 16.6. The molecule has 0 atom stereocenters. The lowest BCUT2D eigenvalue weighted by molar-refractivity contribution is -0.00000451. The number of hydrazone groups is 1. The summed E-state index contributed by atoms with van der Waals surface area (Å²) in [5.41, 5.74) is 6.04. The zero-order valence-corrected chi connectivity index (χ0v) is 14.4. The molecule has 0 aliphatic carbocycles. The maximum absolute atomic E-state index is 5.16. The molecule has 2 aromatic carbocycles. The zero-order chi connectivity index (χ0) is 14.5. The summed E-state index contributed by atoms with van der Waals surface area (Å²) in [6.07, 6.45) is 0. The van der Waals surface area contributed by atoms with Crippen LogP contribution < -0.4 is 27.1 Å². The molecule has 0 fully saturated rings. The Morgan fingerprint density at radius 2 is 1.82 bits per heavy atom. The molecule has 6 heteroatoms. The van der Waals surface area contributed by atoms with Gasteiger partial charge in [-0.2, -0.15) is 5.10 Å². The van der Waals surface area contributed by atoms with Gasteiger partial charge in [0.2, 0.25) is 0 Å². The first-order chi connectivity index (χ1) is 10.3.